The zero-order chi connectivity index (χ0) is 11.2. The molecule has 1 aliphatic heterocycles. The Balaban J connectivity index is 1.94. The largest absolute Gasteiger partial charge is 0.295 e. The van der Waals surface area contributed by atoms with E-state index in [0.29, 0.717) is 0 Å². The summed E-state index contributed by atoms with van der Waals surface area (Å²) in [6, 6.07) is 9.12. The molecule has 0 atom stereocenters. The molecule has 0 spiro atoms. The molecule has 82 valence electrons. The van der Waals surface area contributed by atoms with Crippen LogP contribution in [0.15, 0.2) is 18.2 Å². The molecule has 2 aliphatic rings. The van der Waals surface area contributed by atoms with E-state index < -0.39 is 0 Å². The van der Waals surface area contributed by atoms with Crippen molar-refractivity contribution in [3.63, 3.8) is 0 Å². The predicted molar refractivity (Wildman–Crippen MR) is 62.8 cm³/mol. The summed E-state index contributed by atoms with van der Waals surface area (Å²) in [5, 5.41) is 9.20. The Hall–Kier alpha value is -1.33. The van der Waals surface area contributed by atoms with Crippen molar-refractivity contribution in [2.45, 2.75) is 38.3 Å². The van der Waals surface area contributed by atoms with Gasteiger partial charge in [-0.3, -0.25) is 4.90 Å². The maximum atomic E-state index is 9.20. The summed E-state index contributed by atoms with van der Waals surface area (Å²) in [5.74, 6) is 0. The highest BCUT2D eigenvalue weighted by Gasteiger charge is 2.45. The number of rotatable bonds is 2. The second kappa shape index (κ2) is 3.33. The van der Waals surface area contributed by atoms with Gasteiger partial charge < -0.3 is 0 Å². The maximum Gasteiger partial charge on any atom is 0.0823 e. The van der Waals surface area contributed by atoms with Crippen molar-refractivity contribution in [1.82, 2.24) is 4.90 Å². The Morgan fingerprint density at radius 2 is 2.06 bits per heavy atom. The van der Waals surface area contributed by atoms with Gasteiger partial charge >= 0.3 is 0 Å². The lowest BCUT2D eigenvalue weighted by atomic mass is 9.94. The monoisotopic (exact) mass is 212 g/mol. The molecule has 1 aromatic rings. The fourth-order valence-corrected chi connectivity index (χ4v) is 2.58. The molecule has 1 saturated carbocycles. The molecule has 2 heteroatoms. The highest BCUT2D eigenvalue weighted by Crippen LogP contribution is 2.48. The van der Waals surface area contributed by atoms with Crippen LogP contribution in [0, 0.1) is 11.3 Å². The number of hydrogen-bond acceptors (Lipinski definition) is 2. The molecule has 1 heterocycles. The van der Waals surface area contributed by atoms with Gasteiger partial charge in [0.2, 0.25) is 0 Å². The fraction of sp³-hybridized carbons (Fsp3) is 0.500. The molecule has 3 rings (SSSR count). The zero-order valence-electron chi connectivity index (χ0n) is 9.66. The summed E-state index contributed by atoms with van der Waals surface area (Å²) in [6.07, 6.45) is 2.08. The molecule has 0 N–H and O–H groups in total. The van der Waals surface area contributed by atoms with Crippen LogP contribution in [-0.2, 0) is 18.5 Å². The fourth-order valence-electron chi connectivity index (χ4n) is 2.58. The van der Waals surface area contributed by atoms with Gasteiger partial charge in [-0.2, -0.15) is 5.26 Å². The van der Waals surface area contributed by atoms with Crippen molar-refractivity contribution < 1.29 is 0 Å². The van der Waals surface area contributed by atoms with Crippen LogP contribution in [0.5, 0.6) is 0 Å². The summed E-state index contributed by atoms with van der Waals surface area (Å²) >= 11 is 0. The summed E-state index contributed by atoms with van der Waals surface area (Å²) in [6.45, 7) is 5.44. The molecule has 16 heavy (non-hydrogen) atoms. The second-order valence-electron chi connectivity index (χ2n) is 4.98. The highest BCUT2D eigenvalue weighted by atomic mass is 15.1. The zero-order valence-corrected chi connectivity index (χ0v) is 9.66. The number of hydrogen-bond donors (Lipinski definition) is 0. The Labute approximate surface area is 96.5 Å². The Bertz CT molecular complexity index is 466. The maximum absolute atomic E-state index is 9.20. The normalized spacial score (nSPS) is 21.5. The van der Waals surface area contributed by atoms with Crippen LogP contribution >= 0.6 is 0 Å². The van der Waals surface area contributed by atoms with Crippen molar-refractivity contribution in [3.05, 3.63) is 34.9 Å². The third-order valence-corrected chi connectivity index (χ3v) is 3.96. The van der Waals surface area contributed by atoms with Crippen LogP contribution in [-0.4, -0.2) is 11.4 Å². The predicted octanol–water partition coefficient (Wildman–Crippen LogP) is 2.58. The minimum absolute atomic E-state index is 0.130. The van der Waals surface area contributed by atoms with Gasteiger partial charge in [-0.15, -0.1) is 0 Å². The third-order valence-electron chi connectivity index (χ3n) is 3.96. The minimum Gasteiger partial charge on any atom is -0.295 e. The van der Waals surface area contributed by atoms with E-state index in [0.717, 1.165) is 32.5 Å². The van der Waals surface area contributed by atoms with Crippen molar-refractivity contribution in [2.75, 3.05) is 6.54 Å². The molecule has 1 fully saturated rings. The van der Waals surface area contributed by atoms with Crippen LogP contribution in [0.4, 0.5) is 0 Å². The molecular weight excluding hydrogens is 196 g/mol. The van der Waals surface area contributed by atoms with Crippen molar-refractivity contribution in [1.29, 1.82) is 5.26 Å². The van der Waals surface area contributed by atoms with Crippen molar-refractivity contribution >= 4 is 0 Å². The van der Waals surface area contributed by atoms with Crippen molar-refractivity contribution in [2.24, 2.45) is 0 Å². The molecular formula is C14H16N2. The van der Waals surface area contributed by atoms with Gasteiger partial charge in [-0.1, -0.05) is 25.1 Å². The molecule has 0 amide bonds. The minimum atomic E-state index is -0.130. The summed E-state index contributed by atoms with van der Waals surface area (Å²) < 4.78 is 0. The van der Waals surface area contributed by atoms with Crippen LogP contribution in [0.3, 0.4) is 0 Å². The van der Waals surface area contributed by atoms with E-state index in [1.54, 1.807) is 0 Å². The van der Waals surface area contributed by atoms with E-state index >= 15 is 0 Å². The lowest BCUT2D eigenvalue weighted by molar-refractivity contribution is 0.301. The number of fused-ring (bicyclic) bond motifs is 1. The summed E-state index contributed by atoms with van der Waals surface area (Å²) in [7, 11) is 0. The number of benzene rings is 1. The molecule has 0 radical (unpaired) electrons. The molecule has 1 aromatic carbocycles. The summed E-state index contributed by atoms with van der Waals surface area (Å²) in [5.41, 5.74) is 3.99. The summed E-state index contributed by atoms with van der Waals surface area (Å²) in [4.78, 5) is 2.43. The van der Waals surface area contributed by atoms with Crippen LogP contribution in [0.1, 0.15) is 36.5 Å². The van der Waals surface area contributed by atoms with Gasteiger partial charge in [0.25, 0.3) is 0 Å². The average Bonchev–Trinajstić information content (AvgIpc) is 3.01. The molecule has 1 aliphatic carbocycles. The molecule has 2 nitrogen and oxygen atoms in total. The van der Waals surface area contributed by atoms with E-state index in [9.17, 15) is 5.26 Å². The number of nitrogens with zero attached hydrogens (tertiary/aromatic N) is 2. The second-order valence-corrected chi connectivity index (χ2v) is 4.98. The first-order valence-corrected chi connectivity index (χ1v) is 6.03. The Kier molecular flexibility index (Phi) is 2.05. The smallest absolute Gasteiger partial charge is 0.0823 e. The third kappa shape index (κ3) is 1.36. The lowest BCUT2D eigenvalue weighted by Gasteiger charge is -2.09. The van der Waals surface area contributed by atoms with Crippen LogP contribution < -0.4 is 0 Å². The first-order chi connectivity index (χ1) is 7.77. The Morgan fingerprint density at radius 3 is 2.69 bits per heavy atom. The van der Waals surface area contributed by atoms with Gasteiger partial charge in [0.1, 0.15) is 0 Å². The van der Waals surface area contributed by atoms with Crippen LogP contribution in [0.25, 0.3) is 0 Å². The molecule has 0 unspecified atom stereocenters. The number of nitriles is 1. The topological polar surface area (TPSA) is 27.0 Å². The standard InChI is InChI=1S/C14H16N2/c1-2-16-8-11-3-4-13(7-12(11)9-16)14(10-15)5-6-14/h3-4,7H,2,5-6,8-9H2,1H3. The quantitative estimate of drug-likeness (QED) is 0.753. The van der Waals surface area contributed by atoms with E-state index in [1.165, 1.54) is 16.7 Å². The SMILES string of the molecule is CCN1Cc2ccc(C3(C#N)CC3)cc2C1. The van der Waals surface area contributed by atoms with E-state index in [2.05, 4.69) is 36.1 Å². The van der Waals surface area contributed by atoms with E-state index in [4.69, 9.17) is 0 Å². The van der Waals surface area contributed by atoms with E-state index in [1.807, 2.05) is 0 Å². The lowest BCUT2D eigenvalue weighted by Crippen LogP contribution is -2.14. The van der Waals surface area contributed by atoms with Crippen LogP contribution in [0.2, 0.25) is 0 Å². The molecule has 0 saturated heterocycles. The van der Waals surface area contributed by atoms with Crippen molar-refractivity contribution in [3.8, 4) is 6.07 Å². The van der Waals surface area contributed by atoms with E-state index in [-0.39, 0.29) is 5.41 Å². The van der Waals surface area contributed by atoms with Gasteiger partial charge in [0.05, 0.1) is 11.5 Å². The first-order valence-electron chi connectivity index (χ1n) is 6.03. The Morgan fingerprint density at radius 1 is 1.31 bits per heavy atom. The van der Waals surface area contributed by atoms with Gasteiger partial charge in [-0.05, 0) is 36.1 Å². The van der Waals surface area contributed by atoms with Gasteiger partial charge in [-0.25, -0.2) is 0 Å². The molecule has 0 aromatic heterocycles. The highest BCUT2D eigenvalue weighted by molar-refractivity contribution is 5.44. The molecule has 0 bridgehead atoms. The van der Waals surface area contributed by atoms with Gasteiger partial charge in [0, 0.05) is 13.1 Å². The van der Waals surface area contributed by atoms with Gasteiger partial charge in [0.15, 0.2) is 0 Å². The average molecular weight is 212 g/mol. The first kappa shape index (κ1) is 9.86.